The molecule has 2 rings (SSSR count). The quantitative estimate of drug-likeness (QED) is 0.760. The van der Waals surface area contributed by atoms with Crippen molar-refractivity contribution in [1.29, 1.82) is 0 Å². The zero-order chi connectivity index (χ0) is 9.26. The minimum atomic E-state index is 0.825. The van der Waals surface area contributed by atoms with Gasteiger partial charge in [0.05, 0.1) is 0 Å². The van der Waals surface area contributed by atoms with E-state index in [1.54, 1.807) is 0 Å². The number of nitrogens with zero attached hydrogens (tertiary/aromatic N) is 1. The van der Waals surface area contributed by atoms with Crippen LogP contribution in [-0.2, 0) is 0 Å². The lowest BCUT2D eigenvalue weighted by Gasteiger charge is -1.97. The summed E-state index contributed by atoms with van der Waals surface area (Å²) in [6, 6.07) is 9.85. The molecule has 2 nitrogen and oxygen atoms in total. The number of aryl methyl sites for hydroxylation is 1. The number of benzene rings is 1. The van der Waals surface area contributed by atoms with Crippen LogP contribution in [0.5, 0.6) is 0 Å². The van der Waals surface area contributed by atoms with Crippen molar-refractivity contribution in [2.75, 3.05) is 0 Å². The van der Waals surface area contributed by atoms with Gasteiger partial charge in [-0.05, 0) is 13.0 Å². The Morgan fingerprint density at radius 1 is 1.31 bits per heavy atom. The highest BCUT2D eigenvalue weighted by Crippen LogP contribution is 2.26. The first kappa shape index (κ1) is 8.51. The fourth-order valence-corrected chi connectivity index (χ4v) is 1.65. The van der Waals surface area contributed by atoms with Crippen molar-refractivity contribution in [2.45, 2.75) is 6.92 Å². The molecule has 3 heteroatoms. The lowest BCUT2D eigenvalue weighted by Crippen LogP contribution is -1.77. The predicted molar refractivity (Wildman–Crippen MR) is 54.4 cm³/mol. The highest BCUT2D eigenvalue weighted by Gasteiger charge is 2.05. The molecule has 66 valence electrons. The second-order valence-electron chi connectivity index (χ2n) is 2.80. The van der Waals surface area contributed by atoms with Crippen molar-refractivity contribution < 1.29 is 4.52 Å². The average molecular weight is 238 g/mol. The molecule has 0 aliphatic heterocycles. The molecular weight excluding hydrogens is 230 g/mol. The summed E-state index contributed by atoms with van der Waals surface area (Å²) in [4.78, 5) is 0. The van der Waals surface area contributed by atoms with Crippen molar-refractivity contribution in [3.8, 4) is 11.3 Å². The second kappa shape index (κ2) is 3.34. The summed E-state index contributed by atoms with van der Waals surface area (Å²) in [6.07, 6.45) is 0. The maximum Gasteiger partial charge on any atom is 0.134 e. The summed E-state index contributed by atoms with van der Waals surface area (Å²) < 4.78 is 6.03. The summed E-state index contributed by atoms with van der Waals surface area (Å²) in [7, 11) is 0. The number of rotatable bonds is 1. The maximum atomic E-state index is 5.00. The van der Waals surface area contributed by atoms with Gasteiger partial charge in [0.25, 0.3) is 0 Å². The van der Waals surface area contributed by atoms with Gasteiger partial charge in [-0.3, -0.25) is 0 Å². The van der Waals surface area contributed by atoms with E-state index >= 15 is 0 Å². The molecule has 0 amide bonds. The topological polar surface area (TPSA) is 26.0 Å². The second-order valence-corrected chi connectivity index (χ2v) is 3.66. The first-order valence-corrected chi connectivity index (χ1v) is 4.75. The van der Waals surface area contributed by atoms with Crippen LogP contribution < -0.4 is 0 Å². The van der Waals surface area contributed by atoms with Crippen LogP contribution in [0.4, 0.5) is 0 Å². The van der Waals surface area contributed by atoms with E-state index in [0.29, 0.717) is 0 Å². The molecule has 0 fully saturated rings. The van der Waals surface area contributed by atoms with E-state index in [4.69, 9.17) is 4.52 Å². The van der Waals surface area contributed by atoms with Gasteiger partial charge in [0.1, 0.15) is 11.5 Å². The van der Waals surface area contributed by atoms with Crippen LogP contribution in [-0.4, -0.2) is 5.16 Å². The van der Waals surface area contributed by atoms with Gasteiger partial charge in [-0.25, -0.2) is 0 Å². The molecule has 1 aromatic carbocycles. The normalized spacial score (nSPS) is 10.3. The van der Waals surface area contributed by atoms with Crippen LogP contribution in [0, 0.1) is 6.92 Å². The molecule has 0 spiro atoms. The molecule has 0 atom stereocenters. The van der Waals surface area contributed by atoms with Crippen LogP contribution in [0.25, 0.3) is 11.3 Å². The van der Waals surface area contributed by atoms with Crippen LogP contribution in [0.1, 0.15) is 5.76 Å². The summed E-state index contributed by atoms with van der Waals surface area (Å²) >= 11 is 3.46. The van der Waals surface area contributed by atoms with Crippen LogP contribution in [0.15, 0.2) is 39.3 Å². The standard InChI is InChI=1S/C10H8BrNO/c1-7-6-10(12-13-7)8-4-2-3-5-9(8)11/h2-6H,1H3. The first-order chi connectivity index (χ1) is 6.27. The maximum absolute atomic E-state index is 5.00. The number of aromatic nitrogens is 1. The molecule has 0 radical (unpaired) electrons. The van der Waals surface area contributed by atoms with Crippen molar-refractivity contribution >= 4 is 15.9 Å². The molecule has 0 unspecified atom stereocenters. The fourth-order valence-electron chi connectivity index (χ4n) is 1.16. The third kappa shape index (κ3) is 1.65. The monoisotopic (exact) mass is 237 g/mol. The Bertz CT molecular complexity index is 422. The Morgan fingerprint density at radius 3 is 2.69 bits per heavy atom. The summed E-state index contributed by atoms with van der Waals surface area (Å²) in [6.45, 7) is 1.88. The molecule has 0 saturated heterocycles. The van der Waals surface area contributed by atoms with E-state index in [0.717, 1.165) is 21.5 Å². The van der Waals surface area contributed by atoms with Crippen LogP contribution in [0.2, 0.25) is 0 Å². The van der Waals surface area contributed by atoms with Crippen LogP contribution in [0.3, 0.4) is 0 Å². The summed E-state index contributed by atoms with van der Waals surface area (Å²) in [5, 5.41) is 3.94. The minimum absolute atomic E-state index is 0.825. The Hall–Kier alpha value is -1.09. The SMILES string of the molecule is Cc1cc(-c2ccccc2Br)no1. The van der Waals surface area contributed by atoms with E-state index in [9.17, 15) is 0 Å². The fraction of sp³-hybridized carbons (Fsp3) is 0.100. The first-order valence-electron chi connectivity index (χ1n) is 3.95. The Kier molecular flexibility index (Phi) is 2.19. The smallest absolute Gasteiger partial charge is 0.134 e. The molecule has 1 heterocycles. The van der Waals surface area contributed by atoms with Gasteiger partial charge in [-0.1, -0.05) is 39.3 Å². The van der Waals surface area contributed by atoms with E-state index in [1.165, 1.54) is 0 Å². The Balaban J connectivity index is 2.52. The molecule has 0 aliphatic rings. The lowest BCUT2D eigenvalue weighted by molar-refractivity contribution is 0.399. The van der Waals surface area contributed by atoms with Crippen molar-refractivity contribution in [1.82, 2.24) is 5.16 Å². The molecule has 0 saturated carbocycles. The van der Waals surface area contributed by atoms with E-state index in [2.05, 4.69) is 21.1 Å². The molecule has 1 aromatic heterocycles. The number of hydrogen-bond donors (Lipinski definition) is 0. The average Bonchev–Trinajstić information content (AvgIpc) is 2.53. The minimum Gasteiger partial charge on any atom is -0.361 e. The Labute approximate surface area is 84.7 Å². The van der Waals surface area contributed by atoms with Crippen molar-refractivity contribution in [3.63, 3.8) is 0 Å². The zero-order valence-electron chi connectivity index (χ0n) is 7.12. The van der Waals surface area contributed by atoms with Gasteiger partial charge in [-0.15, -0.1) is 0 Å². The van der Waals surface area contributed by atoms with E-state index < -0.39 is 0 Å². The lowest BCUT2D eigenvalue weighted by atomic mass is 10.1. The summed E-state index contributed by atoms with van der Waals surface area (Å²) in [5.74, 6) is 0.825. The predicted octanol–water partition coefficient (Wildman–Crippen LogP) is 3.41. The molecular formula is C10H8BrNO. The number of hydrogen-bond acceptors (Lipinski definition) is 2. The third-order valence-corrected chi connectivity index (χ3v) is 2.47. The van der Waals surface area contributed by atoms with Gasteiger partial charge in [-0.2, -0.15) is 0 Å². The van der Waals surface area contributed by atoms with Crippen molar-refractivity contribution in [2.24, 2.45) is 0 Å². The van der Waals surface area contributed by atoms with Crippen LogP contribution >= 0.6 is 15.9 Å². The van der Waals surface area contributed by atoms with Gasteiger partial charge in [0.2, 0.25) is 0 Å². The molecule has 2 aromatic rings. The van der Waals surface area contributed by atoms with E-state index in [1.807, 2.05) is 37.3 Å². The molecule has 13 heavy (non-hydrogen) atoms. The molecule has 0 bridgehead atoms. The van der Waals surface area contributed by atoms with Crippen molar-refractivity contribution in [3.05, 3.63) is 40.6 Å². The van der Waals surface area contributed by atoms with E-state index in [-0.39, 0.29) is 0 Å². The highest BCUT2D eigenvalue weighted by atomic mass is 79.9. The molecule has 0 aliphatic carbocycles. The molecule has 0 N–H and O–H groups in total. The van der Waals surface area contributed by atoms with Gasteiger partial charge < -0.3 is 4.52 Å². The number of halogens is 1. The zero-order valence-corrected chi connectivity index (χ0v) is 8.71. The largest absolute Gasteiger partial charge is 0.361 e. The summed E-state index contributed by atoms with van der Waals surface area (Å²) in [5.41, 5.74) is 1.92. The van der Waals surface area contributed by atoms with Gasteiger partial charge in [0, 0.05) is 16.1 Å². The highest BCUT2D eigenvalue weighted by molar-refractivity contribution is 9.10. The van der Waals surface area contributed by atoms with Gasteiger partial charge >= 0.3 is 0 Å². The Morgan fingerprint density at radius 2 is 2.08 bits per heavy atom. The van der Waals surface area contributed by atoms with Gasteiger partial charge in [0.15, 0.2) is 0 Å². The third-order valence-electron chi connectivity index (χ3n) is 1.78.